The Morgan fingerprint density at radius 3 is 2.48 bits per heavy atom. The molecule has 7 nitrogen and oxygen atoms in total. The molecule has 1 unspecified atom stereocenters. The summed E-state index contributed by atoms with van der Waals surface area (Å²) in [6, 6.07) is 16.9. The lowest BCUT2D eigenvalue weighted by Gasteiger charge is -2.08. The molecule has 2 aromatic carbocycles. The van der Waals surface area contributed by atoms with E-state index >= 15 is 0 Å². The molecule has 0 saturated heterocycles. The smallest absolute Gasteiger partial charge is 0.305 e. The van der Waals surface area contributed by atoms with Crippen LogP contribution in [0.5, 0.6) is 0 Å². The van der Waals surface area contributed by atoms with E-state index in [1.165, 1.54) is 0 Å². The normalized spacial score (nSPS) is 15.9. The number of rotatable bonds is 3. The zero-order valence-electron chi connectivity index (χ0n) is 14.6. The number of carbonyl (C=O) groups is 2. The van der Waals surface area contributed by atoms with Gasteiger partial charge in [0.1, 0.15) is 5.58 Å². The second kappa shape index (κ2) is 6.95. The van der Waals surface area contributed by atoms with E-state index in [9.17, 15) is 9.59 Å². The van der Waals surface area contributed by atoms with E-state index in [1.54, 1.807) is 13.0 Å². The van der Waals surface area contributed by atoms with Crippen LogP contribution in [0.15, 0.2) is 64.2 Å². The number of nitrogens with zero attached hydrogens (tertiary/aromatic N) is 1. The average molecular weight is 363 g/mol. The first-order valence-electron chi connectivity index (χ1n) is 8.50. The molecule has 0 radical (unpaired) electrons. The minimum Gasteiger partial charge on any atom is -0.451 e. The maximum atomic E-state index is 12.3. The first kappa shape index (κ1) is 16.8. The molecule has 1 atom stereocenters. The second-order valence-corrected chi connectivity index (χ2v) is 6.21. The van der Waals surface area contributed by atoms with Crippen LogP contribution in [0.3, 0.4) is 0 Å². The van der Waals surface area contributed by atoms with Gasteiger partial charge in [-0.2, -0.15) is 0 Å². The molecule has 1 aliphatic rings. The number of hydrogen-bond acceptors (Lipinski definition) is 5. The van der Waals surface area contributed by atoms with Gasteiger partial charge in [0.05, 0.1) is 0 Å². The van der Waals surface area contributed by atoms with Crippen molar-refractivity contribution in [3.63, 3.8) is 0 Å². The fourth-order valence-corrected chi connectivity index (χ4v) is 2.99. The number of para-hydroxylation sites is 1. The monoisotopic (exact) mass is 363 g/mol. The number of hydrazine groups is 1. The molecule has 3 aromatic rings. The number of oxime groups is 1. The third kappa shape index (κ3) is 3.27. The first-order valence-corrected chi connectivity index (χ1v) is 8.50. The Bertz CT molecular complexity index is 1040. The summed E-state index contributed by atoms with van der Waals surface area (Å²) in [5.41, 5.74) is 7.20. The van der Waals surface area contributed by atoms with Crippen LogP contribution < -0.4 is 10.9 Å². The minimum absolute atomic E-state index is 0.156. The molecule has 7 heteroatoms. The fraction of sp³-hybridized carbons (Fsp3) is 0.150. The number of aryl methyl sites for hydroxylation is 1. The molecule has 0 spiro atoms. The van der Waals surface area contributed by atoms with E-state index in [1.807, 2.05) is 48.5 Å². The van der Waals surface area contributed by atoms with Gasteiger partial charge >= 0.3 is 5.91 Å². The van der Waals surface area contributed by atoms with Gasteiger partial charge in [-0.1, -0.05) is 53.7 Å². The third-order valence-corrected chi connectivity index (χ3v) is 4.44. The summed E-state index contributed by atoms with van der Waals surface area (Å²) in [5, 5.41) is 4.68. The molecule has 2 amide bonds. The van der Waals surface area contributed by atoms with Crippen LogP contribution in [-0.2, 0) is 9.63 Å². The molecule has 0 saturated carbocycles. The van der Waals surface area contributed by atoms with Crippen LogP contribution in [0.2, 0.25) is 0 Å². The van der Waals surface area contributed by atoms with Crippen molar-refractivity contribution in [3.8, 4) is 0 Å². The van der Waals surface area contributed by atoms with Crippen LogP contribution in [0.25, 0.3) is 11.0 Å². The van der Waals surface area contributed by atoms with E-state index in [2.05, 4.69) is 16.0 Å². The molecule has 0 aliphatic carbocycles. The van der Waals surface area contributed by atoms with E-state index in [4.69, 9.17) is 9.25 Å². The summed E-state index contributed by atoms with van der Waals surface area (Å²) in [4.78, 5) is 29.9. The number of benzene rings is 2. The summed E-state index contributed by atoms with van der Waals surface area (Å²) < 4.78 is 5.58. The average Bonchev–Trinajstić information content (AvgIpc) is 3.32. The number of fused-ring (bicyclic) bond motifs is 1. The minimum atomic E-state index is -0.531. The van der Waals surface area contributed by atoms with Crippen molar-refractivity contribution in [2.24, 2.45) is 5.16 Å². The van der Waals surface area contributed by atoms with E-state index in [0.717, 1.165) is 10.9 Å². The Kier molecular flexibility index (Phi) is 4.33. The van der Waals surface area contributed by atoms with Gasteiger partial charge in [-0.25, -0.2) is 0 Å². The van der Waals surface area contributed by atoms with Gasteiger partial charge in [-0.05, 0) is 18.6 Å². The highest BCUT2D eigenvalue weighted by Gasteiger charge is 2.28. The highest BCUT2D eigenvalue weighted by Crippen LogP contribution is 2.27. The molecule has 136 valence electrons. The topological polar surface area (TPSA) is 92.9 Å². The zero-order chi connectivity index (χ0) is 18.8. The molecular formula is C20H17N3O4. The lowest BCUT2D eigenvalue weighted by Crippen LogP contribution is -2.44. The van der Waals surface area contributed by atoms with Gasteiger partial charge in [0, 0.05) is 17.4 Å². The Balaban J connectivity index is 1.38. The highest BCUT2D eigenvalue weighted by atomic mass is 16.6. The standard InChI is InChI=1S/C20H17N3O4/c1-12-14-9-5-6-10-16(14)26-18(12)20(25)22-21-19(24)15-11-17(27-23-15)13-7-3-2-4-8-13/h2-10,17H,11H2,1H3,(H,21,24)(H,22,25). The van der Waals surface area contributed by atoms with Gasteiger partial charge < -0.3 is 9.25 Å². The summed E-state index contributed by atoms with van der Waals surface area (Å²) in [7, 11) is 0. The number of nitrogens with one attached hydrogen (secondary N) is 2. The number of hydrogen-bond donors (Lipinski definition) is 2. The Labute approximate surface area is 155 Å². The molecule has 1 aliphatic heterocycles. The van der Waals surface area contributed by atoms with Crippen LogP contribution in [0.1, 0.15) is 34.2 Å². The van der Waals surface area contributed by atoms with E-state index < -0.39 is 11.8 Å². The summed E-state index contributed by atoms with van der Waals surface area (Å²) in [6.45, 7) is 1.79. The quantitative estimate of drug-likeness (QED) is 0.700. The van der Waals surface area contributed by atoms with Crippen LogP contribution >= 0.6 is 0 Å². The predicted molar refractivity (Wildman–Crippen MR) is 98.9 cm³/mol. The van der Waals surface area contributed by atoms with Gasteiger partial charge in [0.2, 0.25) is 0 Å². The lowest BCUT2D eigenvalue weighted by molar-refractivity contribution is -0.115. The second-order valence-electron chi connectivity index (χ2n) is 6.21. The Hall–Kier alpha value is -3.61. The van der Waals surface area contributed by atoms with Crippen molar-refractivity contribution < 1.29 is 18.8 Å². The summed E-state index contributed by atoms with van der Waals surface area (Å²) in [5.74, 6) is -0.894. The first-order chi connectivity index (χ1) is 13.1. The SMILES string of the molecule is Cc1c(C(=O)NNC(=O)C2=NOC(c3ccccc3)C2)oc2ccccc12. The van der Waals surface area contributed by atoms with Gasteiger partial charge in [0.25, 0.3) is 5.91 Å². The maximum Gasteiger partial charge on any atom is 0.305 e. The Morgan fingerprint density at radius 2 is 1.70 bits per heavy atom. The highest BCUT2D eigenvalue weighted by molar-refractivity contribution is 6.39. The van der Waals surface area contributed by atoms with Gasteiger partial charge in [0.15, 0.2) is 17.6 Å². The molecular weight excluding hydrogens is 346 g/mol. The number of furan rings is 1. The predicted octanol–water partition coefficient (Wildman–Crippen LogP) is 3.02. The molecule has 0 bridgehead atoms. The van der Waals surface area contributed by atoms with Crippen molar-refractivity contribution in [1.82, 2.24) is 10.9 Å². The summed E-state index contributed by atoms with van der Waals surface area (Å²) >= 11 is 0. The van der Waals surface area contributed by atoms with Crippen LogP contribution in [-0.4, -0.2) is 17.5 Å². The van der Waals surface area contributed by atoms with Crippen molar-refractivity contribution in [2.75, 3.05) is 0 Å². The molecule has 2 N–H and O–H groups in total. The summed E-state index contributed by atoms with van der Waals surface area (Å²) in [6.07, 6.45) is 0.0234. The van der Waals surface area contributed by atoms with Crippen LogP contribution in [0, 0.1) is 6.92 Å². The van der Waals surface area contributed by atoms with Crippen molar-refractivity contribution in [3.05, 3.63) is 71.5 Å². The third-order valence-electron chi connectivity index (χ3n) is 4.44. The maximum absolute atomic E-state index is 12.3. The Morgan fingerprint density at radius 1 is 1.00 bits per heavy atom. The largest absolute Gasteiger partial charge is 0.451 e. The molecule has 1 aromatic heterocycles. The van der Waals surface area contributed by atoms with Gasteiger partial charge in [-0.15, -0.1) is 0 Å². The number of carbonyl (C=O) groups excluding carboxylic acids is 2. The molecule has 2 heterocycles. The van der Waals surface area contributed by atoms with Crippen molar-refractivity contribution in [1.29, 1.82) is 0 Å². The van der Waals surface area contributed by atoms with E-state index in [-0.39, 0.29) is 17.6 Å². The molecule has 4 rings (SSSR count). The van der Waals surface area contributed by atoms with Crippen LogP contribution in [0.4, 0.5) is 0 Å². The molecule has 27 heavy (non-hydrogen) atoms. The van der Waals surface area contributed by atoms with E-state index in [0.29, 0.717) is 17.6 Å². The van der Waals surface area contributed by atoms with Crippen molar-refractivity contribution in [2.45, 2.75) is 19.4 Å². The molecule has 0 fully saturated rings. The zero-order valence-corrected chi connectivity index (χ0v) is 14.6. The van der Waals surface area contributed by atoms with Gasteiger partial charge in [-0.3, -0.25) is 20.4 Å². The fourth-order valence-electron chi connectivity index (χ4n) is 2.99. The number of amides is 2. The lowest BCUT2D eigenvalue weighted by atomic mass is 10.0. The van der Waals surface area contributed by atoms with Crippen molar-refractivity contribution >= 4 is 28.5 Å².